The Morgan fingerprint density at radius 1 is 1.18 bits per heavy atom. The van der Waals surface area contributed by atoms with Crippen molar-refractivity contribution in [3.05, 3.63) is 17.7 Å². The van der Waals surface area contributed by atoms with Crippen LogP contribution in [0.1, 0.15) is 44.1 Å². The van der Waals surface area contributed by atoms with Gasteiger partial charge in [-0.05, 0) is 62.3 Å². The highest BCUT2D eigenvalue weighted by Gasteiger charge is 2.48. The summed E-state index contributed by atoms with van der Waals surface area (Å²) in [5.41, 5.74) is 0.982. The van der Waals surface area contributed by atoms with E-state index in [9.17, 15) is 4.79 Å². The van der Waals surface area contributed by atoms with Gasteiger partial charge in [-0.25, -0.2) is 0 Å². The first-order valence-corrected chi connectivity index (χ1v) is 10.7. The summed E-state index contributed by atoms with van der Waals surface area (Å²) >= 11 is 0. The van der Waals surface area contributed by atoms with Gasteiger partial charge in [-0.1, -0.05) is 6.42 Å². The van der Waals surface area contributed by atoms with Crippen molar-refractivity contribution in [1.29, 1.82) is 0 Å². The van der Waals surface area contributed by atoms with Gasteiger partial charge in [-0.2, -0.15) is 0 Å². The SMILES string of the molecule is COc1cc(CN2CC[C@@]3(CCCN(CC4CCC4)C3=O)C2)cc2c1OCO2. The molecule has 3 fully saturated rings. The molecule has 1 amide bonds. The third kappa shape index (κ3) is 3.11. The minimum atomic E-state index is -0.164. The van der Waals surface area contributed by atoms with E-state index in [2.05, 4.69) is 9.80 Å². The van der Waals surface area contributed by atoms with E-state index in [-0.39, 0.29) is 12.2 Å². The number of carbonyl (C=O) groups is 1. The van der Waals surface area contributed by atoms with Crippen LogP contribution >= 0.6 is 0 Å². The molecule has 0 N–H and O–H groups in total. The molecule has 3 heterocycles. The zero-order valence-electron chi connectivity index (χ0n) is 16.7. The fourth-order valence-electron chi connectivity index (χ4n) is 5.32. The number of nitrogens with zero attached hydrogens (tertiary/aromatic N) is 2. The van der Waals surface area contributed by atoms with Gasteiger partial charge in [0.25, 0.3) is 0 Å². The highest BCUT2D eigenvalue weighted by molar-refractivity contribution is 5.84. The van der Waals surface area contributed by atoms with Crippen LogP contribution in [0.3, 0.4) is 0 Å². The molecule has 4 aliphatic rings. The number of likely N-dealkylation sites (tertiary alicyclic amines) is 2. The summed E-state index contributed by atoms with van der Waals surface area (Å²) in [5.74, 6) is 3.33. The molecule has 1 atom stereocenters. The third-order valence-corrected chi connectivity index (χ3v) is 7.08. The number of amides is 1. The van der Waals surface area contributed by atoms with Gasteiger partial charge in [0.15, 0.2) is 11.5 Å². The number of piperidine rings is 1. The van der Waals surface area contributed by atoms with Gasteiger partial charge in [0.2, 0.25) is 18.4 Å². The number of ether oxygens (including phenoxy) is 3. The van der Waals surface area contributed by atoms with Crippen molar-refractivity contribution in [3.63, 3.8) is 0 Å². The Hall–Kier alpha value is -1.95. The topological polar surface area (TPSA) is 51.2 Å². The number of benzene rings is 1. The molecular formula is C22H30N2O4. The summed E-state index contributed by atoms with van der Waals surface area (Å²) in [6.07, 6.45) is 7.10. The average molecular weight is 386 g/mol. The maximum atomic E-state index is 13.3. The van der Waals surface area contributed by atoms with Gasteiger partial charge in [-0.3, -0.25) is 9.69 Å². The monoisotopic (exact) mass is 386 g/mol. The van der Waals surface area contributed by atoms with Gasteiger partial charge in [0.1, 0.15) is 0 Å². The van der Waals surface area contributed by atoms with Crippen LogP contribution in [-0.2, 0) is 11.3 Å². The average Bonchev–Trinajstić information content (AvgIpc) is 3.29. The Morgan fingerprint density at radius 3 is 2.86 bits per heavy atom. The zero-order chi connectivity index (χ0) is 19.1. The van der Waals surface area contributed by atoms with E-state index in [1.165, 1.54) is 19.3 Å². The van der Waals surface area contributed by atoms with Crippen molar-refractivity contribution in [3.8, 4) is 17.2 Å². The van der Waals surface area contributed by atoms with E-state index in [1.807, 2.05) is 12.1 Å². The predicted octanol–water partition coefficient (Wildman–Crippen LogP) is 3.04. The van der Waals surface area contributed by atoms with Crippen molar-refractivity contribution in [1.82, 2.24) is 9.80 Å². The Kier molecular flexibility index (Phi) is 4.62. The molecule has 1 saturated carbocycles. The first kappa shape index (κ1) is 18.1. The highest BCUT2D eigenvalue weighted by Crippen LogP contribution is 2.44. The van der Waals surface area contributed by atoms with E-state index >= 15 is 0 Å². The second-order valence-corrected chi connectivity index (χ2v) is 8.92. The molecule has 3 aliphatic heterocycles. The second kappa shape index (κ2) is 7.14. The quantitative estimate of drug-likeness (QED) is 0.779. The molecule has 6 heteroatoms. The number of fused-ring (bicyclic) bond motifs is 1. The largest absolute Gasteiger partial charge is 0.493 e. The second-order valence-electron chi connectivity index (χ2n) is 8.92. The summed E-state index contributed by atoms with van der Waals surface area (Å²) < 4.78 is 16.5. The molecule has 5 rings (SSSR count). The number of carbonyl (C=O) groups excluding carboxylic acids is 1. The number of hydrogen-bond donors (Lipinski definition) is 0. The smallest absolute Gasteiger partial charge is 0.231 e. The van der Waals surface area contributed by atoms with Crippen LogP contribution in [-0.4, -0.2) is 55.8 Å². The van der Waals surface area contributed by atoms with Crippen molar-refractivity contribution >= 4 is 5.91 Å². The molecule has 28 heavy (non-hydrogen) atoms. The fraction of sp³-hybridized carbons (Fsp3) is 0.682. The van der Waals surface area contributed by atoms with Crippen molar-refractivity contribution in [2.24, 2.45) is 11.3 Å². The van der Waals surface area contributed by atoms with Crippen LogP contribution in [0, 0.1) is 11.3 Å². The molecule has 0 unspecified atom stereocenters. The molecule has 1 aromatic carbocycles. The van der Waals surface area contributed by atoms with Crippen molar-refractivity contribution in [2.45, 2.75) is 45.1 Å². The molecule has 1 aromatic rings. The molecule has 0 bridgehead atoms. The third-order valence-electron chi connectivity index (χ3n) is 7.08. The van der Waals surface area contributed by atoms with Gasteiger partial charge in [0, 0.05) is 26.2 Å². The molecule has 1 aliphatic carbocycles. The van der Waals surface area contributed by atoms with Gasteiger partial charge in [0.05, 0.1) is 12.5 Å². The van der Waals surface area contributed by atoms with Gasteiger partial charge in [-0.15, -0.1) is 0 Å². The summed E-state index contributed by atoms with van der Waals surface area (Å²) in [6.45, 7) is 4.83. The summed E-state index contributed by atoms with van der Waals surface area (Å²) in [4.78, 5) is 17.9. The van der Waals surface area contributed by atoms with E-state index in [4.69, 9.17) is 14.2 Å². The van der Waals surface area contributed by atoms with Crippen LogP contribution in [0.25, 0.3) is 0 Å². The summed E-state index contributed by atoms with van der Waals surface area (Å²) in [6, 6.07) is 4.07. The molecule has 152 valence electrons. The number of hydrogen-bond acceptors (Lipinski definition) is 5. The van der Waals surface area contributed by atoms with Crippen LogP contribution in [0.5, 0.6) is 17.2 Å². The lowest BCUT2D eigenvalue weighted by Gasteiger charge is -2.42. The van der Waals surface area contributed by atoms with Gasteiger partial charge < -0.3 is 19.1 Å². The van der Waals surface area contributed by atoms with Crippen LogP contribution in [0.15, 0.2) is 12.1 Å². The van der Waals surface area contributed by atoms with Crippen molar-refractivity contribution in [2.75, 3.05) is 40.1 Å². The normalized spacial score (nSPS) is 27.5. The van der Waals surface area contributed by atoms with Gasteiger partial charge >= 0.3 is 0 Å². The van der Waals surface area contributed by atoms with Crippen LogP contribution in [0.2, 0.25) is 0 Å². The van der Waals surface area contributed by atoms with E-state index in [1.54, 1.807) is 7.11 Å². The molecule has 0 radical (unpaired) electrons. The van der Waals surface area contributed by atoms with E-state index < -0.39 is 0 Å². The predicted molar refractivity (Wildman–Crippen MR) is 105 cm³/mol. The minimum absolute atomic E-state index is 0.164. The summed E-state index contributed by atoms with van der Waals surface area (Å²) in [7, 11) is 1.66. The molecule has 0 aromatic heterocycles. The number of methoxy groups -OCH3 is 1. The van der Waals surface area contributed by atoms with Crippen LogP contribution in [0.4, 0.5) is 0 Å². The first-order chi connectivity index (χ1) is 13.7. The lowest BCUT2D eigenvalue weighted by molar-refractivity contribution is -0.146. The Morgan fingerprint density at radius 2 is 2.07 bits per heavy atom. The Bertz CT molecular complexity index is 763. The maximum Gasteiger partial charge on any atom is 0.231 e. The highest BCUT2D eigenvalue weighted by atomic mass is 16.7. The zero-order valence-corrected chi connectivity index (χ0v) is 16.7. The molecule has 2 saturated heterocycles. The lowest BCUT2D eigenvalue weighted by atomic mass is 9.77. The first-order valence-electron chi connectivity index (χ1n) is 10.7. The van der Waals surface area contributed by atoms with E-state index in [0.29, 0.717) is 11.7 Å². The Balaban J connectivity index is 1.27. The summed E-state index contributed by atoms with van der Waals surface area (Å²) in [5, 5.41) is 0. The maximum absolute atomic E-state index is 13.3. The molecular weight excluding hydrogens is 356 g/mol. The molecule has 6 nitrogen and oxygen atoms in total. The van der Waals surface area contributed by atoms with E-state index in [0.717, 1.165) is 75.0 Å². The van der Waals surface area contributed by atoms with Crippen molar-refractivity contribution < 1.29 is 19.0 Å². The van der Waals surface area contributed by atoms with Crippen LogP contribution < -0.4 is 14.2 Å². The standard InChI is InChI=1S/C22H30N2O4/c1-26-18-10-17(11-19-20(18)28-15-27-19)12-23-9-7-22(14-23)6-3-8-24(21(22)25)13-16-4-2-5-16/h10-11,16H,2-9,12-15H2,1H3/t22-/m0/s1. The Labute approximate surface area is 166 Å². The number of rotatable bonds is 5. The minimum Gasteiger partial charge on any atom is -0.493 e. The molecule has 1 spiro atoms. The fourth-order valence-corrected chi connectivity index (χ4v) is 5.32. The lowest BCUT2D eigenvalue weighted by Crippen LogP contribution is -2.51.